The van der Waals surface area contributed by atoms with E-state index in [9.17, 15) is 19.2 Å². The number of carbonyl (C=O) groups excluding carboxylic acids is 2. The van der Waals surface area contributed by atoms with Crippen LogP contribution in [0.2, 0.25) is 0 Å². The first-order chi connectivity index (χ1) is 15.4. The number of ether oxygens (including phenoxy) is 4. The van der Waals surface area contributed by atoms with Gasteiger partial charge in [0, 0.05) is 0 Å². The molecule has 2 saturated heterocycles. The second-order valence-electron chi connectivity index (χ2n) is 10.3. The van der Waals surface area contributed by atoms with Gasteiger partial charge in [0.1, 0.15) is 11.2 Å². The molecule has 0 bridgehead atoms. The van der Waals surface area contributed by atoms with Crippen molar-refractivity contribution in [3.05, 3.63) is 0 Å². The molecule has 34 heavy (non-hydrogen) atoms. The second kappa shape index (κ2) is 11.7. The van der Waals surface area contributed by atoms with Crippen molar-refractivity contribution in [2.45, 2.75) is 91.0 Å². The van der Waals surface area contributed by atoms with Crippen molar-refractivity contribution >= 4 is 24.1 Å². The summed E-state index contributed by atoms with van der Waals surface area (Å²) in [5.41, 5.74) is -1.17. The number of carbonyl (C=O) groups is 4. The van der Waals surface area contributed by atoms with E-state index in [0.717, 1.165) is 0 Å². The van der Waals surface area contributed by atoms with Crippen molar-refractivity contribution in [2.75, 3.05) is 26.2 Å². The minimum atomic E-state index is -1.06. The molecule has 2 heterocycles. The third-order valence-electron chi connectivity index (χ3n) is 4.37. The Labute approximate surface area is 200 Å². The van der Waals surface area contributed by atoms with Crippen LogP contribution in [-0.2, 0) is 28.5 Å². The average molecular weight is 491 g/mol. The molecule has 0 aromatic rings. The Balaban J connectivity index is 0.000000340. The summed E-state index contributed by atoms with van der Waals surface area (Å²) in [6.07, 6.45) is -3.58. The van der Waals surface area contributed by atoms with Gasteiger partial charge >= 0.3 is 24.1 Å². The molecule has 2 fully saturated rings. The van der Waals surface area contributed by atoms with E-state index in [1.54, 1.807) is 55.4 Å². The number of rotatable bonds is 2. The van der Waals surface area contributed by atoms with Crippen molar-refractivity contribution in [1.29, 1.82) is 0 Å². The molecule has 2 N–H and O–H groups in total. The lowest BCUT2D eigenvalue weighted by Crippen LogP contribution is -2.52. The summed E-state index contributed by atoms with van der Waals surface area (Å²) >= 11 is 0. The third-order valence-corrected chi connectivity index (χ3v) is 4.37. The maximum Gasteiger partial charge on any atom is 0.410 e. The largest absolute Gasteiger partial charge is 0.479 e. The summed E-state index contributed by atoms with van der Waals surface area (Å²) in [6.45, 7) is 14.8. The van der Waals surface area contributed by atoms with Crippen molar-refractivity contribution in [3.63, 3.8) is 0 Å². The summed E-state index contributed by atoms with van der Waals surface area (Å²) in [6, 6.07) is 0. The van der Waals surface area contributed by atoms with Gasteiger partial charge in [0.2, 0.25) is 0 Å². The molecule has 0 radical (unpaired) electrons. The van der Waals surface area contributed by atoms with Gasteiger partial charge in [-0.05, 0) is 55.4 Å². The standard InChI is InChI=1S/2C11H19NO5/c2*1-7-5-12(6-8(16-7)9(13)14)10(15)17-11(2,3)4/h2*7-8H,5-6H2,1-4H3,(H,13,14)/t2*7-,8-/m10/s1. The maximum absolute atomic E-state index is 11.8. The Morgan fingerprint density at radius 2 is 0.971 bits per heavy atom. The van der Waals surface area contributed by atoms with Gasteiger partial charge < -0.3 is 39.0 Å². The second-order valence-corrected chi connectivity index (χ2v) is 10.3. The lowest BCUT2D eigenvalue weighted by atomic mass is 10.2. The molecule has 2 amide bonds. The number of carboxylic acids is 2. The lowest BCUT2D eigenvalue weighted by molar-refractivity contribution is -0.162. The van der Waals surface area contributed by atoms with Gasteiger partial charge in [0.25, 0.3) is 0 Å². The van der Waals surface area contributed by atoms with Gasteiger partial charge in [-0.3, -0.25) is 0 Å². The number of hydrogen-bond donors (Lipinski definition) is 2. The first-order valence-electron chi connectivity index (χ1n) is 11.1. The fraction of sp³-hybridized carbons (Fsp3) is 0.818. The van der Waals surface area contributed by atoms with E-state index >= 15 is 0 Å². The van der Waals surface area contributed by atoms with Gasteiger partial charge in [-0.1, -0.05) is 0 Å². The van der Waals surface area contributed by atoms with Crippen LogP contribution < -0.4 is 0 Å². The molecule has 2 rings (SSSR count). The Bertz CT molecular complexity index is 681. The van der Waals surface area contributed by atoms with Crippen LogP contribution in [0.1, 0.15) is 55.4 Å². The predicted molar refractivity (Wildman–Crippen MR) is 120 cm³/mol. The van der Waals surface area contributed by atoms with Crippen LogP contribution >= 0.6 is 0 Å². The molecule has 0 unspecified atom stereocenters. The minimum Gasteiger partial charge on any atom is -0.479 e. The lowest BCUT2D eigenvalue weighted by Gasteiger charge is -2.35. The van der Waals surface area contributed by atoms with E-state index in [1.807, 2.05) is 0 Å². The molecule has 2 aliphatic rings. The summed E-state index contributed by atoms with van der Waals surface area (Å²) < 4.78 is 20.8. The van der Waals surface area contributed by atoms with Gasteiger partial charge in [0.05, 0.1) is 38.4 Å². The zero-order valence-electron chi connectivity index (χ0n) is 21.2. The van der Waals surface area contributed by atoms with E-state index < -0.39 is 47.5 Å². The topological polar surface area (TPSA) is 152 Å². The van der Waals surface area contributed by atoms with Crippen LogP contribution in [0.5, 0.6) is 0 Å². The minimum absolute atomic E-state index is 0.0224. The number of amides is 2. The van der Waals surface area contributed by atoms with Crippen LogP contribution in [0.4, 0.5) is 9.59 Å². The van der Waals surface area contributed by atoms with Gasteiger partial charge in [-0.25, -0.2) is 19.2 Å². The van der Waals surface area contributed by atoms with Crippen LogP contribution in [0.15, 0.2) is 0 Å². The molecule has 0 saturated carbocycles. The zero-order valence-corrected chi connectivity index (χ0v) is 21.2. The summed E-state index contributed by atoms with van der Waals surface area (Å²) in [5, 5.41) is 17.8. The first-order valence-corrected chi connectivity index (χ1v) is 11.1. The van der Waals surface area contributed by atoms with E-state index in [0.29, 0.717) is 13.1 Å². The van der Waals surface area contributed by atoms with Gasteiger partial charge in [-0.2, -0.15) is 0 Å². The fourth-order valence-electron chi connectivity index (χ4n) is 3.13. The molecular weight excluding hydrogens is 452 g/mol. The highest BCUT2D eigenvalue weighted by atomic mass is 16.6. The number of aliphatic carboxylic acids is 2. The van der Waals surface area contributed by atoms with Crippen LogP contribution in [0.25, 0.3) is 0 Å². The van der Waals surface area contributed by atoms with Crippen LogP contribution in [0, 0.1) is 0 Å². The molecule has 196 valence electrons. The van der Waals surface area contributed by atoms with Crippen molar-refractivity contribution < 1.29 is 48.3 Å². The summed E-state index contributed by atoms with van der Waals surface area (Å²) in [4.78, 5) is 48.0. The average Bonchev–Trinajstić information content (AvgIpc) is 2.64. The smallest absolute Gasteiger partial charge is 0.410 e. The van der Waals surface area contributed by atoms with E-state index in [4.69, 9.17) is 29.2 Å². The first kappa shape index (κ1) is 29.4. The fourth-order valence-corrected chi connectivity index (χ4v) is 3.13. The summed E-state index contributed by atoms with van der Waals surface area (Å²) in [7, 11) is 0. The van der Waals surface area contributed by atoms with Crippen molar-refractivity contribution in [1.82, 2.24) is 9.80 Å². The molecule has 0 aromatic carbocycles. The van der Waals surface area contributed by atoms with Gasteiger partial charge in [0.15, 0.2) is 12.2 Å². The molecular formula is C22H38N2O10. The monoisotopic (exact) mass is 490 g/mol. The number of morpholine rings is 2. The number of carboxylic acid groups (broad SMARTS) is 2. The number of nitrogens with zero attached hydrogens (tertiary/aromatic N) is 2. The highest BCUT2D eigenvalue weighted by Crippen LogP contribution is 2.17. The molecule has 2 aliphatic heterocycles. The maximum atomic E-state index is 11.8. The summed E-state index contributed by atoms with van der Waals surface area (Å²) in [5.74, 6) is -2.13. The van der Waals surface area contributed by atoms with E-state index in [-0.39, 0.29) is 25.3 Å². The normalized spacial score (nSPS) is 25.5. The van der Waals surface area contributed by atoms with E-state index in [2.05, 4.69) is 0 Å². The van der Waals surface area contributed by atoms with E-state index in [1.165, 1.54) is 9.80 Å². The van der Waals surface area contributed by atoms with Crippen molar-refractivity contribution in [3.8, 4) is 0 Å². The highest BCUT2D eigenvalue weighted by molar-refractivity contribution is 5.75. The highest BCUT2D eigenvalue weighted by Gasteiger charge is 2.35. The molecule has 0 spiro atoms. The Morgan fingerprint density at radius 1 is 0.676 bits per heavy atom. The molecule has 0 aliphatic carbocycles. The number of hydrogen-bond acceptors (Lipinski definition) is 8. The van der Waals surface area contributed by atoms with Crippen LogP contribution in [0.3, 0.4) is 0 Å². The Kier molecular flexibility index (Phi) is 10.1. The molecule has 12 heteroatoms. The Morgan fingerprint density at radius 3 is 1.21 bits per heavy atom. The SMILES string of the molecule is C[C@@H]1CN(C(=O)OC(C)(C)C)C[C@H](C(=O)O)O1.C[C@H]1CN(C(=O)OC(C)(C)C)C[C@@H](C(=O)O)O1. The molecule has 12 nitrogen and oxygen atoms in total. The third kappa shape index (κ3) is 10.6. The zero-order chi connectivity index (χ0) is 26.4. The molecule has 0 aromatic heterocycles. The quantitative estimate of drug-likeness (QED) is 0.589. The predicted octanol–water partition coefficient (Wildman–Crippen LogP) is 2.19. The van der Waals surface area contributed by atoms with Crippen molar-refractivity contribution in [2.24, 2.45) is 0 Å². The Hall–Kier alpha value is -2.60. The van der Waals surface area contributed by atoms with Crippen LogP contribution in [-0.4, -0.2) is 106 Å². The van der Waals surface area contributed by atoms with Gasteiger partial charge in [-0.15, -0.1) is 0 Å². The molecule has 4 atom stereocenters.